The topological polar surface area (TPSA) is 25.8 Å². The molecule has 0 unspecified atom stereocenters. The van der Waals surface area contributed by atoms with Gasteiger partial charge in [0.15, 0.2) is 0 Å². The Morgan fingerprint density at radius 1 is 1.42 bits per heavy atom. The summed E-state index contributed by atoms with van der Waals surface area (Å²) in [5.74, 6) is 0. The highest BCUT2D eigenvalue weighted by molar-refractivity contribution is 9.11. The van der Waals surface area contributed by atoms with E-state index in [4.69, 9.17) is 0 Å². The van der Waals surface area contributed by atoms with Crippen LogP contribution in [0.5, 0.6) is 0 Å². The van der Waals surface area contributed by atoms with E-state index < -0.39 is 0 Å². The van der Waals surface area contributed by atoms with Crippen molar-refractivity contribution in [3.05, 3.63) is 33.8 Å². The minimum atomic E-state index is 0.965. The zero-order chi connectivity index (χ0) is 8.39. The summed E-state index contributed by atoms with van der Waals surface area (Å²) in [5, 5.41) is 2.06. The molecule has 0 aliphatic heterocycles. The van der Waals surface area contributed by atoms with Crippen LogP contribution < -0.4 is 0 Å². The molecule has 0 spiro atoms. The molecule has 0 bridgehead atoms. The molecule has 60 valence electrons. The lowest BCUT2D eigenvalue weighted by molar-refractivity contribution is 1.17. The fourth-order valence-electron chi connectivity index (χ4n) is 0.906. The van der Waals surface area contributed by atoms with Gasteiger partial charge in [-0.05, 0) is 28.1 Å². The second-order valence-corrected chi connectivity index (χ2v) is 4.52. The van der Waals surface area contributed by atoms with Gasteiger partial charge in [0.1, 0.15) is 6.33 Å². The van der Waals surface area contributed by atoms with Crippen LogP contribution in [0.3, 0.4) is 0 Å². The Hall–Kier alpha value is -0.740. The zero-order valence-corrected chi connectivity index (χ0v) is 8.47. The smallest absolute Gasteiger partial charge is 0.116 e. The van der Waals surface area contributed by atoms with Gasteiger partial charge in [0.2, 0.25) is 0 Å². The molecule has 0 aromatic carbocycles. The molecule has 0 saturated carbocycles. The van der Waals surface area contributed by atoms with Gasteiger partial charge in [0.25, 0.3) is 0 Å². The summed E-state index contributed by atoms with van der Waals surface area (Å²) in [6.07, 6.45) is 3.30. The van der Waals surface area contributed by atoms with Crippen LogP contribution in [0.1, 0.15) is 0 Å². The van der Waals surface area contributed by atoms with Crippen molar-refractivity contribution in [3.63, 3.8) is 0 Å². The molecule has 2 heterocycles. The van der Waals surface area contributed by atoms with Gasteiger partial charge in [0.05, 0.1) is 9.48 Å². The maximum Gasteiger partial charge on any atom is 0.116 e. The summed E-state index contributed by atoms with van der Waals surface area (Å²) in [6.45, 7) is 0. The molecule has 0 aliphatic rings. The molecule has 2 nitrogen and oxygen atoms in total. The highest BCUT2D eigenvalue weighted by atomic mass is 79.9. The molecule has 0 aliphatic carbocycles. The van der Waals surface area contributed by atoms with Crippen LogP contribution in [0.4, 0.5) is 0 Å². The fraction of sp³-hybridized carbons (Fsp3) is 0. The summed E-state index contributed by atoms with van der Waals surface area (Å²) in [7, 11) is 0. The first-order valence-corrected chi connectivity index (χ1v) is 5.04. The third-order valence-electron chi connectivity index (χ3n) is 1.45. The van der Waals surface area contributed by atoms with Crippen molar-refractivity contribution in [1.29, 1.82) is 0 Å². The molecule has 0 amide bonds. The van der Waals surface area contributed by atoms with E-state index in [2.05, 4.69) is 31.3 Å². The van der Waals surface area contributed by atoms with E-state index in [1.54, 1.807) is 23.9 Å². The van der Waals surface area contributed by atoms with E-state index in [9.17, 15) is 0 Å². The van der Waals surface area contributed by atoms with E-state index in [1.165, 1.54) is 0 Å². The largest absolute Gasteiger partial charge is 0.245 e. The van der Waals surface area contributed by atoms with Gasteiger partial charge in [-0.2, -0.15) is 0 Å². The van der Waals surface area contributed by atoms with E-state index in [-0.39, 0.29) is 0 Å². The first-order valence-electron chi connectivity index (χ1n) is 3.37. The first kappa shape index (κ1) is 7.89. The van der Waals surface area contributed by atoms with Crippen molar-refractivity contribution >= 4 is 27.3 Å². The van der Waals surface area contributed by atoms with E-state index in [0.29, 0.717) is 0 Å². The quantitative estimate of drug-likeness (QED) is 0.767. The lowest BCUT2D eigenvalue weighted by Crippen LogP contribution is -1.79. The normalized spacial score (nSPS) is 10.1. The lowest BCUT2D eigenvalue weighted by atomic mass is 10.2. The first-order chi connectivity index (χ1) is 5.86. The maximum absolute atomic E-state index is 4.14. The number of aromatic nitrogens is 2. The van der Waals surface area contributed by atoms with E-state index in [0.717, 1.165) is 15.0 Å². The molecular formula is C8H5BrN2S. The Morgan fingerprint density at radius 3 is 2.92 bits per heavy atom. The van der Waals surface area contributed by atoms with Crippen LogP contribution in [-0.2, 0) is 0 Å². The summed E-state index contributed by atoms with van der Waals surface area (Å²) in [6, 6.07) is 3.95. The van der Waals surface area contributed by atoms with Crippen molar-refractivity contribution in [1.82, 2.24) is 9.97 Å². The van der Waals surface area contributed by atoms with Gasteiger partial charge in [0, 0.05) is 17.1 Å². The molecular weight excluding hydrogens is 236 g/mol. The summed E-state index contributed by atoms with van der Waals surface area (Å²) < 4.78 is 1.12. The molecule has 2 aromatic heterocycles. The fourth-order valence-corrected chi connectivity index (χ4v) is 2.06. The van der Waals surface area contributed by atoms with Gasteiger partial charge in [-0.15, -0.1) is 11.3 Å². The van der Waals surface area contributed by atoms with Gasteiger partial charge in [-0.25, -0.2) is 9.97 Å². The third-order valence-corrected chi connectivity index (χ3v) is 2.95. The predicted octanol–water partition coefficient (Wildman–Crippen LogP) is 2.97. The molecule has 2 aromatic rings. The average molecular weight is 241 g/mol. The van der Waals surface area contributed by atoms with Crippen molar-refractivity contribution in [2.75, 3.05) is 0 Å². The number of rotatable bonds is 1. The molecule has 2 rings (SSSR count). The molecule has 0 N–H and O–H groups in total. The molecule has 12 heavy (non-hydrogen) atoms. The molecule has 4 heteroatoms. The Bertz CT molecular complexity index is 372. The van der Waals surface area contributed by atoms with Gasteiger partial charge in [-0.1, -0.05) is 0 Å². The highest BCUT2D eigenvalue weighted by Gasteiger charge is 2.00. The number of nitrogens with zero attached hydrogens (tertiary/aromatic N) is 2. The van der Waals surface area contributed by atoms with Crippen LogP contribution in [0.25, 0.3) is 11.3 Å². The van der Waals surface area contributed by atoms with Crippen LogP contribution >= 0.6 is 27.3 Å². The number of hydrogen-bond donors (Lipinski definition) is 0. The third kappa shape index (κ3) is 1.54. The number of hydrogen-bond acceptors (Lipinski definition) is 3. The zero-order valence-electron chi connectivity index (χ0n) is 6.07. The molecule has 0 atom stereocenters. The van der Waals surface area contributed by atoms with Crippen LogP contribution in [0.2, 0.25) is 0 Å². The average Bonchev–Trinajstić information content (AvgIpc) is 2.54. The van der Waals surface area contributed by atoms with Crippen LogP contribution in [0, 0.1) is 0 Å². The lowest BCUT2D eigenvalue weighted by Gasteiger charge is -1.92. The van der Waals surface area contributed by atoms with Crippen LogP contribution in [-0.4, -0.2) is 9.97 Å². The Kier molecular flexibility index (Phi) is 2.19. The summed E-state index contributed by atoms with van der Waals surface area (Å²) in [4.78, 5) is 8.00. The van der Waals surface area contributed by atoms with Gasteiger partial charge in [-0.3, -0.25) is 0 Å². The SMILES string of the molecule is Brc1cc(-c2ccncn2)cs1. The van der Waals surface area contributed by atoms with Gasteiger partial charge < -0.3 is 0 Å². The van der Waals surface area contributed by atoms with E-state index in [1.807, 2.05) is 12.1 Å². The van der Waals surface area contributed by atoms with Crippen molar-refractivity contribution < 1.29 is 0 Å². The van der Waals surface area contributed by atoms with Crippen LogP contribution in [0.15, 0.2) is 33.8 Å². The van der Waals surface area contributed by atoms with Crippen molar-refractivity contribution in [3.8, 4) is 11.3 Å². The Labute approximate surface area is 82.4 Å². The standard InChI is InChI=1S/C8H5BrN2S/c9-8-3-6(4-12-8)7-1-2-10-5-11-7/h1-5H. The summed E-state index contributed by atoms with van der Waals surface area (Å²) >= 11 is 5.06. The molecule has 0 radical (unpaired) electrons. The van der Waals surface area contributed by atoms with Crippen molar-refractivity contribution in [2.45, 2.75) is 0 Å². The number of halogens is 1. The number of thiophene rings is 1. The minimum Gasteiger partial charge on any atom is -0.245 e. The monoisotopic (exact) mass is 240 g/mol. The second kappa shape index (κ2) is 3.33. The minimum absolute atomic E-state index is 0.965. The Morgan fingerprint density at radius 2 is 2.33 bits per heavy atom. The maximum atomic E-state index is 4.14. The highest BCUT2D eigenvalue weighted by Crippen LogP contribution is 2.27. The van der Waals surface area contributed by atoms with Gasteiger partial charge >= 0.3 is 0 Å². The van der Waals surface area contributed by atoms with Crippen molar-refractivity contribution in [2.24, 2.45) is 0 Å². The Balaban J connectivity index is 2.45. The second-order valence-electron chi connectivity index (χ2n) is 2.23. The molecule has 0 saturated heterocycles. The summed E-state index contributed by atoms with van der Waals surface area (Å²) in [5.41, 5.74) is 2.10. The molecule has 0 fully saturated rings. The predicted molar refractivity (Wildman–Crippen MR) is 53.0 cm³/mol. The van der Waals surface area contributed by atoms with E-state index >= 15 is 0 Å².